The third kappa shape index (κ3) is 3.12. The Bertz CT molecular complexity index is 407. The number of hydrogen-bond acceptors (Lipinski definition) is 4. The molecule has 1 N–H and O–H groups in total. The number of nitrogens with zero attached hydrogens (tertiary/aromatic N) is 2. The van der Waals surface area contributed by atoms with E-state index in [2.05, 4.69) is 44.8 Å². The van der Waals surface area contributed by atoms with Gasteiger partial charge in [0.2, 0.25) is 0 Å². The van der Waals surface area contributed by atoms with E-state index in [-0.39, 0.29) is 0 Å². The van der Waals surface area contributed by atoms with Crippen LogP contribution in [0.25, 0.3) is 0 Å². The first-order chi connectivity index (χ1) is 8.76. The van der Waals surface area contributed by atoms with E-state index in [0.29, 0.717) is 12.5 Å². The van der Waals surface area contributed by atoms with Crippen molar-refractivity contribution in [3.05, 3.63) is 15.1 Å². The molecule has 0 atom stereocenters. The normalized spacial score (nSPS) is 15.5. The van der Waals surface area contributed by atoms with Crippen molar-refractivity contribution in [2.45, 2.75) is 45.1 Å². The van der Waals surface area contributed by atoms with E-state index in [1.54, 1.807) is 7.11 Å². The summed E-state index contributed by atoms with van der Waals surface area (Å²) < 4.78 is 6.32. The van der Waals surface area contributed by atoms with Crippen LogP contribution < -0.4 is 5.32 Å². The Morgan fingerprint density at radius 1 is 1.39 bits per heavy atom. The number of methoxy groups -OCH3 is 1. The summed E-state index contributed by atoms with van der Waals surface area (Å²) in [4.78, 5) is 9.36. The van der Waals surface area contributed by atoms with Crippen molar-refractivity contribution < 1.29 is 4.74 Å². The molecule has 1 heterocycles. The lowest BCUT2D eigenvalue weighted by Crippen LogP contribution is -2.17. The van der Waals surface area contributed by atoms with Gasteiger partial charge in [0.25, 0.3) is 0 Å². The second kappa shape index (κ2) is 6.65. The first-order valence-electron chi connectivity index (χ1n) is 6.55. The zero-order valence-electron chi connectivity index (χ0n) is 11.0. The zero-order chi connectivity index (χ0) is 13.0. The van der Waals surface area contributed by atoms with Crippen LogP contribution in [0.3, 0.4) is 0 Å². The Hall–Kier alpha value is -0.430. The molecule has 1 saturated carbocycles. The van der Waals surface area contributed by atoms with Crippen LogP contribution in [0.2, 0.25) is 0 Å². The first-order valence-corrected chi connectivity index (χ1v) is 7.63. The highest BCUT2D eigenvalue weighted by molar-refractivity contribution is 14.1. The Morgan fingerprint density at radius 3 is 2.72 bits per heavy atom. The molecule has 5 heteroatoms. The average Bonchev–Trinajstić information content (AvgIpc) is 2.29. The van der Waals surface area contributed by atoms with Crippen molar-refractivity contribution in [1.29, 1.82) is 0 Å². The van der Waals surface area contributed by atoms with E-state index in [0.717, 1.165) is 33.9 Å². The predicted molar refractivity (Wildman–Crippen MR) is 80.8 cm³/mol. The van der Waals surface area contributed by atoms with Crippen molar-refractivity contribution in [3.63, 3.8) is 0 Å². The molecule has 2 rings (SSSR count). The lowest BCUT2D eigenvalue weighted by atomic mass is 9.85. The molecule has 100 valence electrons. The van der Waals surface area contributed by atoms with Crippen LogP contribution in [-0.2, 0) is 11.3 Å². The molecule has 0 aliphatic heterocycles. The van der Waals surface area contributed by atoms with E-state index in [4.69, 9.17) is 4.74 Å². The van der Waals surface area contributed by atoms with Gasteiger partial charge >= 0.3 is 0 Å². The number of halogens is 1. The SMILES string of the molecule is CCCNc1nc(C2CCC2)nc(COC)c1I. The average molecular weight is 361 g/mol. The quantitative estimate of drug-likeness (QED) is 0.790. The predicted octanol–water partition coefficient (Wildman–Crippen LogP) is 3.32. The van der Waals surface area contributed by atoms with Crippen LogP contribution in [0.5, 0.6) is 0 Å². The fourth-order valence-corrected chi connectivity index (χ4v) is 2.54. The molecule has 0 bridgehead atoms. The van der Waals surface area contributed by atoms with Crippen molar-refractivity contribution >= 4 is 28.4 Å². The Kier molecular flexibility index (Phi) is 5.17. The molecule has 0 spiro atoms. The maximum Gasteiger partial charge on any atom is 0.143 e. The third-order valence-electron chi connectivity index (χ3n) is 3.23. The van der Waals surface area contributed by atoms with Gasteiger partial charge in [0.05, 0.1) is 15.9 Å². The van der Waals surface area contributed by atoms with Crippen LogP contribution in [0.15, 0.2) is 0 Å². The van der Waals surface area contributed by atoms with Gasteiger partial charge in [0, 0.05) is 19.6 Å². The minimum atomic E-state index is 0.555. The van der Waals surface area contributed by atoms with E-state index in [9.17, 15) is 0 Å². The van der Waals surface area contributed by atoms with Gasteiger partial charge in [-0.15, -0.1) is 0 Å². The molecular formula is C13H20IN3O. The number of hydrogen-bond donors (Lipinski definition) is 1. The van der Waals surface area contributed by atoms with E-state index in [1.807, 2.05) is 0 Å². The second-order valence-corrected chi connectivity index (χ2v) is 5.76. The highest BCUT2D eigenvalue weighted by Crippen LogP contribution is 2.35. The topological polar surface area (TPSA) is 47.0 Å². The van der Waals surface area contributed by atoms with Crippen LogP contribution in [0.1, 0.15) is 50.0 Å². The minimum Gasteiger partial charge on any atom is -0.378 e. The lowest BCUT2D eigenvalue weighted by Gasteiger charge is -2.25. The fraction of sp³-hybridized carbons (Fsp3) is 0.692. The van der Waals surface area contributed by atoms with E-state index >= 15 is 0 Å². The second-order valence-electron chi connectivity index (χ2n) is 4.68. The van der Waals surface area contributed by atoms with E-state index < -0.39 is 0 Å². The zero-order valence-corrected chi connectivity index (χ0v) is 13.2. The molecule has 0 unspecified atom stereocenters. The highest BCUT2D eigenvalue weighted by atomic mass is 127. The fourth-order valence-electron chi connectivity index (χ4n) is 1.95. The Balaban J connectivity index is 2.27. The summed E-state index contributed by atoms with van der Waals surface area (Å²) in [6, 6.07) is 0. The van der Waals surface area contributed by atoms with Crippen LogP contribution in [0.4, 0.5) is 5.82 Å². The monoisotopic (exact) mass is 361 g/mol. The highest BCUT2D eigenvalue weighted by Gasteiger charge is 2.24. The molecular weight excluding hydrogens is 341 g/mol. The van der Waals surface area contributed by atoms with Crippen molar-refractivity contribution in [2.75, 3.05) is 19.0 Å². The van der Waals surface area contributed by atoms with Gasteiger partial charge < -0.3 is 10.1 Å². The number of ether oxygens (including phenoxy) is 1. The Labute approximate surface area is 122 Å². The summed E-state index contributed by atoms with van der Waals surface area (Å²) in [5.41, 5.74) is 1.01. The van der Waals surface area contributed by atoms with Gasteiger partial charge in [-0.1, -0.05) is 13.3 Å². The molecule has 0 aromatic carbocycles. The number of aromatic nitrogens is 2. The van der Waals surface area contributed by atoms with Crippen LogP contribution in [0, 0.1) is 3.57 Å². The van der Waals surface area contributed by atoms with Crippen molar-refractivity contribution in [1.82, 2.24) is 9.97 Å². The molecule has 0 radical (unpaired) electrons. The molecule has 0 amide bonds. The maximum atomic E-state index is 5.23. The molecule has 1 aliphatic rings. The van der Waals surface area contributed by atoms with E-state index in [1.165, 1.54) is 19.3 Å². The molecule has 1 aromatic rings. The summed E-state index contributed by atoms with van der Waals surface area (Å²) in [7, 11) is 1.71. The molecule has 4 nitrogen and oxygen atoms in total. The third-order valence-corrected chi connectivity index (χ3v) is 4.36. The summed E-state index contributed by atoms with van der Waals surface area (Å²) >= 11 is 2.31. The molecule has 1 fully saturated rings. The van der Waals surface area contributed by atoms with Gasteiger partial charge in [-0.3, -0.25) is 0 Å². The lowest BCUT2D eigenvalue weighted by molar-refractivity contribution is 0.180. The summed E-state index contributed by atoms with van der Waals surface area (Å²) in [5.74, 6) is 2.52. The molecule has 0 saturated heterocycles. The largest absolute Gasteiger partial charge is 0.378 e. The summed E-state index contributed by atoms with van der Waals surface area (Å²) in [5, 5.41) is 3.39. The van der Waals surface area contributed by atoms with Gasteiger partial charge in [0.1, 0.15) is 11.6 Å². The summed E-state index contributed by atoms with van der Waals surface area (Å²) in [6.45, 7) is 3.66. The van der Waals surface area contributed by atoms with Gasteiger partial charge in [0.15, 0.2) is 0 Å². The number of anilines is 1. The number of nitrogens with one attached hydrogen (secondary N) is 1. The smallest absolute Gasteiger partial charge is 0.143 e. The molecule has 1 aliphatic carbocycles. The van der Waals surface area contributed by atoms with Crippen LogP contribution in [-0.4, -0.2) is 23.6 Å². The van der Waals surface area contributed by atoms with Gasteiger partial charge in [-0.05, 0) is 41.9 Å². The number of rotatable bonds is 6. The van der Waals surface area contributed by atoms with Gasteiger partial charge in [-0.25, -0.2) is 9.97 Å². The van der Waals surface area contributed by atoms with Crippen LogP contribution >= 0.6 is 22.6 Å². The Morgan fingerprint density at radius 2 is 2.17 bits per heavy atom. The standard InChI is InChI=1S/C13H20IN3O/c1-3-7-15-13-11(14)10(8-18-2)16-12(17-13)9-5-4-6-9/h9H,3-8H2,1-2H3,(H,15,16,17). The van der Waals surface area contributed by atoms with Crippen molar-refractivity contribution in [2.24, 2.45) is 0 Å². The van der Waals surface area contributed by atoms with Crippen molar-refractivity contribution in [3.8, 4) is 0 Å². The maximum absolute atomic E-state index is 5.23. The summed E-state index contributed by atoms with van der Waals surface area (Å²) in [6.07, 6.45) is 4.84. The first kappa shape index (κ1) is 14.0. The molecule has 1 aromatic heterocycles. The van der Waals surface area contributed by atoms with Gasteiger partial charge in [-0.2, -0.15) is 0 Å². The molecule has 18 heavy (non-hydrogen) atoms. The minimum absolute atomic E-state index is 0.555.